The van der Waals surface area contributed by atoms with Crippen LogP contribution in [-0.2, 0) is 9.98 Å². The van der Waals surface area contributed by atoms with Crippen LogP contribution in [0.25, 0.3) is 67.5 Å². The third-order valence-electron chi connectivity index (χ3n) is 13.8. The van der Waals surface area contributed by atoms with Crippen LogP contribution in [0.1, 0.15) is 43.2 Å². The number of aromatic nitrogens is 3. The molecule has 0 amide bonds. The van der Waals surface area contributed by atoms with E-state index in [2.05, 4.69) is 170 Å². The van der Waals surface area contributed by atoms with E-state index < -0.39 is 7.14 Å². The Morgan fingerprint density at radius 1 is 0.279 bits per heavy atom. The monoisotopic (exact) mass is 895 g/mol. The van der Waals surface area contributed by atoms with Crippen molar-refractivity contribution in [3.05, 3.63) is 254 Å². The van der Waals surface area contributed by atoms with Crippen molar-refractivity contribution in [3.63, 3.8) is 0 Å². The zero-order valence-electron chi connectivity index (χ0n) is 37.8. The second-order valence-corrected chi connectivity index (χ2v) is 20.6. The Morgan fingerprint density at radius 3 is 0.912 bits per heavy atom. The van der Waals surface area contributed by atoms with E-state index in [9.17, 15) is 4.57 Å². The lowest BCUT2D eigenvalue weighted by molar-refractivity contribution is 0.346. The van der Waals surface area contributed by atoms with E-state index in [4.69, 9.17) is 15.0 Å². The molecule has 11 rings (SSSR count). The van der Waals surface area contributed by atoms with Crippen molar-refractivity contribution < 1.29 is 4.57 Å². The molecule has 0 atom stereocenters. The van der Waals surface area contributed by atoms with Gasteiger partial charge in [-0.05, 0) is 57.3 Å². The van der Waals surface area contributed by atoms with Gasteiger partial charge >= 0.3 is 0 Å². The molecule has 0 saturated heterocycles. The summed E-state index contributed by atoms with van der Waals surface area (Å²) in [5.74, 6) is 1.93. The molecule has 4 nitrogen and oxygen atoms in total. The molecule has 5 heteroatoms. The Bertz CT molecular complexity index is 3170. The van der Waals surface area contributed by atoms with Crippen LogP contribution in [0.4, 0.5) is 0 Å². The van der Waals surface area contributed by atoms with Crippen molar-refractivity contribution in [2.24, 2.45) is 0 Å². The first-order valence-electron chi connectivity index (χ1n) is 23.7. The molecular formula is C63H50N3OP. The lowest BCUT2D eigenvalue weighted by Gasteiger charge is -2.39. The van der Waals surface area contributed by atoms with Crippen LogP contribution in [0.2, 0.25) is 0 Å². The van der Waals surface area contributed by atoms with Crippen molar-refractivity contribution in [3.8, 4) is 67.5 Å². The fourth-order valence-electron chi connectivity index (χ4n) is 10.1. The number of rotatable bonds is 11. The molecule has 1 heterocycles. The van der Waals surface area contributed by atoms with E-state index in [1.54, 1.807) is 0 Å². The van der Waals surface area contributed by atoms with Crippen LogP contribution in [0.5, 0.6) is 0 Å². The minimum absolute atomic E-state index is 0.104. The van der Waals surface area contributed by atoms with E-state index in [1.165, 1.54) is 41.5 Å². The zero-order chi connectivity index (χ0) is 45.8. The number of benzene rings is 9. The molecule has 328 valence electrons. The Kier molecular flexibility index (Phi) is 11.9. The highest BCUT2D eigenvalue weighted by atomic mass is 31.2. The number of hydrogen-bond acceptors (Lipinski definition) is 4. The highest BCUT2D eigenvalue weighted by Crippen LogP contribution is 2.46. The topological polar surface area (TPSA) is 55.7 Å². The van der Waals surface area contributed by atoms with Gasteiger partial charge in [-0.3, -0.25) is 0 Å². The molecule has 0 spiro atoms. The Hall–Kier alpha value is -7.78. The van der Waals surface area contributed by atoms with Gasteiger partial charge in [0.25, 0.3) is 0 Å². The first-order valence-corrected chi connectivity index (χ1v) is 25.4. The number of nitrogens with zero attached hydrogens (tertiary/aromatic N) is 3. The summed E-state index contributed by atoms with van der Waals surface area (Å²) in [5, 5.41) is 2.51. The summed E-state index contributed by atoms with van der Waals surface area (Å²) in [6.07, 6.45) is 5.79. The first-order chi connectivity index (χ1) is 33.5. The van der Waals surface area contributed by atoms with E-state index >= 15 is 0 Å². The van der Waals surface area contributed by atoms with Gasteiger partial charge in [-0.25, -0.2) is 15.0 Å². The normalized spacial score (nSPS) is 13.5. The molecule has 1 aliphatic rings. The quantitative estimate of drug-likeness (QED) is 0.121. The Balaban J connectivity index is 0.903. The van der Waals surface area contributed by atoms with Gasteiger partial charge in [0.05, 0.1) is 0 Å². The number of hydrogen-bond donors (Lipinski definition) is 0. The summed E-state index contributed by atoms with van der Waals surface area (Å²) in [7, 11) is -3.05. The summed E-state index contributed by atoms with van der Waals surface area (Å²) < 4.78 is 15.0. The van der Waals surface area contributed by atoms with E-state index in [-0.39, 0.29) is 5.41 Å². The van der Waals surface area contributed by atoms with Gasteiger partial charge in [-0.15, -0.1) is 0 Å². The van der Waals surface area contributed by atoms with Gasteiger partial charge in [0, 0.05) is 38.0 Å². The third-order valence-corrected chi connectivity index (χ3v) is 16.9. The van der Waals surface area contributed by atoms with Crippen LogP contribution in [0, 0.1) is 0 Å². The minimum atomic E-state index is -3.05. The standard InChI is InChI=1S/C63H50N3OP/c67-68(57-20-10-3-11-21-57,58-22-12-4-13-23-58)59-42-36-51(37-43-59)50-32-38-55(39-33-50)63(44-14-5-15-45-63)56-40-34-54(35-41-56)62-65-60(52-28-24-48(25-29-52)46-16-6-1-7-17-46)64-61(66-62)53-30-26-49(27-31-53)47-18-8-2-9-19-47/h1-4,6-13,16-43H,5,14-15,44-45H2. The smallest absolute Gasteiger partial charge is 0.171 e. The lowest BCUT2D eigenvalue weighted by atomic mass is 9.65. The molecule has 1 aliphatic carbocycles. The predicted octanol–water partition coefficient (Wildman–Crippen LogP) is 14.8. The maximum atomic E-state index is 15.0. The summed E-state index contributed by atoms with van der Waals surface area (Å²) in [6, 6.07) is 84.1. The van der Waals surface area contributed by atoms with E-state index in [1.807, 2.05) is 72.8 Å². The molecule has 9 aromatic carbocycles. The molecule has 0 aliphatic heterocycles. The molecule has 68 heavy (non-hydrogen) atoms. The van der Waals surface area contributed by atoms with E-state index in [0.29, 0.717) is 17.5 Å². The van der Waals surface area contributed by atoms with Gasteiger partial charge in [0.15, 0.2) is 24.6 Å². The SMILES string of the molecule is O=P(c1ccccc1)(c1ccccc1)c1ccc(-c2ccc(C3(c4ccc(-c5nc(-c6ccc(-c7ccccc7)cc6)nc(-c6ccc(-c7ccccc7)cc6)n5)cc4)CCCCC3)cc2)cc1. The molecule has 0 unspecified atom stereocenters. The Labute approximate surface area is 399 Å². The molecule has 1 saturated carbocycles. The van der Waals surface area contributed by atoms with Crippen molar-refractivity contribution in [2.45, 2.75) is 37.5 Å². The summed E-state index contributed by atoms with van der Waals surface area (Å²) in [4.78, 5) is 15.3. The van der Waals surface area contributed by atoms with Gasteiger partial charge in [-0.2, -0.15) is 0 Å². The Morgan fingerprint density at radius 2 is 0.544 bits per heavy atom. The molecule has 0 radical (unpaired) electrons. The second kappa shape index (κ2) is 18.8. The van der Waals surface area contributed by atoms with Crippen LogP contribution < -0.4 is 15.9 Å². The summed E-state index contributed by atoms with van der Waals surface area (Å²) in [6.45, 7) is 0. The van der Waals surface area contributed by atoms with Crippen LogP contribution in [0.3, 0.4) is 0 Å². The fourth-order valence-corrected chi connectivity index (χ4v) is 12.7. The van der Waals surface area contributed by atoms with Crippen molar-refractivity contribution in [1.82, 2.24) is 15.0 Å². The highest BCUT2D eigenvalue weighted by molar-refractivity contribution is 7.85. The highest BCUT2D eigenvalue weighted by Gasteiger charge is 2.36. The van der Waals surface area contributed by atoms with Crippen LogP contribution in [-0.4, -0.2) is 15.0 Å². The summed E-state index contributed by atoms with van der Waals surface area (Å²) >= 11 is 0. The predicted molar refractivity (Wildman–Crippen MR) is 282 cm³/mol. The second-order valence-electron chi connectivity index (χ2n) is 17.8. The molecule has 0 N–H and O–H groups in total. The van der Waals surface area contributed by atoms with Crippen LogP contribution >= 0.6 is 7.14 Å². The molecule has 1 aromatic heterocycles. The zero-order valence-corrected chi connectivity index (χ0v) is 38.7. The maximum absolute atomic E-state index is 15.0. The molecule has 0 bridgehead atoms. The minimum Gasteiger partial charge on any atom is -0.309 e. The summed E-state index contributed by atoms with van der Waals surface area (Å²) in [5.41, 5.74) is 12.3. The van der Waals surface area contributed by atoms with Crippen molar-refractivity contribution in [2.75, 3.05) is 0 Å². The molecular weight excluding hydrogens is 846 g/mol. The largest absolute Gasteiger partial charge is 0.309 e. The van der Waals surface area contributed by atoms with Crippen LogP contribution in [0.15, 0.2) is 243 Å². The van der Waals surface area contributed by atoms with Crippen molar-refractivity contribution >= 4 is 23.1 Å². The lowest BCUT2D eigenvalue weighted by Crippen LogP contribution is -2.30. The average Bonchev–Trinajstić information content (AvgIpc) is 3.44. The maximum Gasteiger partial charge on any atom is 0.171 e. The van der Waals surface area contributed by atoms with E-state index in [0.717, 1.165) is 67.7 Å². The van der Waals surface area contributed by atoms with Crippen molar-refractivity contribution in [1.29, 1.82) is 0 Å². The van der Waals surface area contributed by atoms with Gasteiger partial charge in [0.2, 0.25) is 0 Å². The van der Waals surface area contributed by atoms with Gasteiger partial charge in [-0.1, -0.05) is 262 Å². The first kappa shape index (κ1) is 42.8. The van der Waals surface area contributed by atoms with Gasteiger partial charge in [0.1, 0.15) is 0 Å². The third kappa shape index (κ3) is 8.45. The average molecular weight is 896 g/mol. The molecule has 1 fully saturated rings. The van der Waals surface area contributed by atoms with Gasteiger partial charge < -0.3 is 4.57 Å². The molecule has 10 aromatic rings. The fraction of sp³-hybridized carbons (Fsp3) is 0.0952.